The number of ether oxygens (including phenoxy) is 1. The Morgan fingerprint density at radius 3 is 2.58 bits per heavy atom. The van der Waals surface area contributed by atoms with Crippen molar-refractivity contribution in [2.24, 2.45) is 11.1 Å². The molecule has 0 radical (unpaired) electrons. The first kappa shape index (κ1) is 24.5. The van der Waals surface area contributed by atoms with Crippen LogP contribution >= 0.6 is 27.5 Å². The van der Waals surface area contributed by atoms with Crippen molar-refractivity contribution >= 4 is 56.6 Å². The molecule has 3 N–H and O–H groups in total. The van der Waals surface area contributed by atoms with E-state index in [9.17, 15) is 14.4 Å². The molecule has 10 heteroatoms. The number of halogens is 3. The van der Waals surface area contributed by atoms with Gasteiger partial charge in [-0.25, -0.2) is 9.18 Å². The summed E-state index contributed by atoms with van der Waals surface area (Å²) in [5.41, 5.74) is 5.15. The first-order chi connectivity index (χ1) is 16.9. The second-order valence-electron chi connectivity index (χ2n) is 9.84. The molecule has 1 aliphatic carbocycles. The van der Waals surface area contributed by atoms with Gasteiger partial charge in [-0.3, -0.25) is 14.5 Å². The van der Waals surface area contributed by atoms with Gasteiger partial charge in [0, 0.05) is 38.4 Å². The van der Waals surface area contributed by atoms with Crippen LogP contribution in [0.1, 0.15) is 32.3 Å². The van der Waals surface area contributed by atoms with Gasteiger partial charge in [0.05, 0.1) is 12.8 Å². The molecule has 186 valence electrons. The molecule has 1 amide bonds. The third kappa shape index (κ3) is 3.33. The van der Waals surface area contributed by atoms with Gasteiger partial charge in [-0.05, 0) is 48.2 Å². The molecule has 2 heterocycles. The summed E-state index contributed by atoms with van der Waals surface area (Å²) in [5, 5.41) is 3.09. The van der Waals surface area contributed by atoms with Crippen LogP contribution < -0.4 is 16.0 Å². The summed E-state index contributed by atoms with van der Waals surface area (Å²) in [4.78, 5) is 42.5. The number of amides is 1. The molecule has 2 aromatic carbocycles. The number of carbonyl (C=O) groups excluding carboxylic acids is 3. The van der Waals surface area contributed by atoms with Crippen LogP contribution in [0.3, 0.4) is 0 Å². The summed E-state index contributed by atoms with van der Waals surface area (Å²) in [5.74, 6) is -2.72. The lowest BCUT2D eigenvalue weighted by atomic mass is 9.60. The summed E-state index contributed by atoms with van der Waals surface area (Å²) in [6.07, 6.45) is 0.408. The number of nitrogens with one attached hydrogen (secondary N) is 1. The lowest BCUT2D eigenvalue weighted by Crippen LogP contribution is -2.54. The standard InChI is InChI=1S/C26H22BrClFN3O4/c1-25(2)10-18-20(19(33)11-25)26(14-9-13(28)5-6-16(14)31-24(26)35)21(23(34)36-3)22(30)32(18)17-7-4-12(27)8-15(17)29/h4-9H,10-11,30H2,1-3H3,(H,31,35). The molecule has 1 spiro atoms. The summed E-state index contributed by atoms with van der Waals surface area (Å²) in [6, 6.07) is 9.12. The number of carbonyl (C=O) groups is 3. The molecule has 7 nitrogen and oxygen atoms in total. The Morgan fingerprint density at radius 2 is 1.92 bits per heavy atom. The van der Waals surface area contributed by atoms with Crippen LogP contribution in [0.15, 0.2) is 63.5 Å². The number of nitrogens with two attached hydrogens (primary N) is 1. The van der Waals surface area contributed by atoms with E-state index < -0.39 is 28.5 Å². The van der Waals surface area contributed by atoms with Crippen molar-refractivity contribution < 1.29 is 23.5 Å². The van der Waals surface area contributed by atoms with E-state index in [2.05, 4.69) is 21.2 Å². The van der Waals surface area contributed by atoms with E-state index in [1.54, 1.807) is 24.3 Å². The van der Waals surface area contributed by atoms with Crippen molar-refractivity contribution in [1.82, 2.24) is 0 Å². The third-order valence-corrected chi connectivity index (χ3v) is 7.61. The quantitative estimate of drug-likeness (QED) is 0.493. The number of Topliss-reactive ketones (excluding diaryl/α,β-unsaturated/α-hetero) is 1. The Labute approximate surface area is 220 Å². The Bertz CT molecular complexity index is 1450. The lowest BCUT2D eigenvalue weighted by molar-refractivity contribution is -0.138. The first-order valence-electron chi connectivity index (χ1n) is 11.1. The summed E-state index contributed by atoms with van der Waals surface area (Å²) < 4.78 is 20.9. The van der Waals surface area contributed by atoms with Crippen LogP contribution in [0.5, 0.6) is 0 Å². The van der Waals surface area contributed by atoms with Crippen LogP contribution in [0, 0.1) is 11.2 Å². The summed E-state index contributed by atoms with van der Waals surface area (Å²) >= 11 is 9.57. The molecule has 2 aliphatic heterocycles. The summed E-state index contributed by atoms with van der Waals surface area (Å²) in [7, 11) is 1.16. The van der Waals surface area contributed by atoms with E-state index in [4.69, 9.17) is 22.1 Å². The van der Waals surface area contributed by atoms with E-state index >= 15 is 4.39 Å². The average Bonchev–Trinajstić information content (AvgIpc) is 3.05. The van der Waals surface area contributed by atoms with Crippen LogP contribution in [-0.2, 0) is 24.5 Å². The monoisotopic (exact) mass is 573 g/mol. The number of allylic oxidation sites excluding steroid dienone is 1. The van der Waals surface area contributed by atoms with Crippen LogP contribution in [0.2, 0.25) is 5.02 Å². The second kappa shape index (κ2) is 8.18. The Morgan fingerprint density at radius 1 is 1.19 bits per heavy atom. The SMILES string of the molecule is COC(=O)C1=C(N)N(c2ccc(Br)cc2F)C2=C(C(=O)CC(C)(C)C2)C12C(=O)Nc1ccc(Cl)cc12. The van der Waals surface area contributed by atoms with Gasteiger partial charge >= 0.3 is 5.97 Å². The molecule has 0 aromatic heterocycles. The molecule has 0 saturated heterocycles. The van der Waals surface area contributed by atoms with Gasteiger partial charge < -0.3 is 15.8 Å². The van der Waals surface area contributed by atoms with Crippen molar-refractivity contribution in [3.8, 4) is 0 Å². The zero-order chi connectivity index (χ0) is 26.2. The number of anilines is 2. The molecule has 5 rings (SSSR count). The maximum atomic E-state index is 15.3. The maximum Gasteiger partial charge on any atom is 0.339 e. The topological polar surface area (TPSA) is 102 Å². The van der Waals surface area contributed by atoms with Gasteiger partial charge in [-0.1, -0.05) is 41.4 Å². The molecule has 0 bridgehead atoms. The lowest BCUT2D eigenvalue weighted by Gasteiger charge is -2.47. The highest BCUT2D eigenvalue weighted by atomic mass is 79.9. The number of hydrogen-bond acceptors (Lipinski definition) is 6. The summed E-state index contributed by atoms with van der Waals surface area (Å²) in [6.45, 7) is 3.82. The van der Waals surface area contributed by atoms with E-state index in [0.29, 0.717) is 32.9 Å². The number of fused-ring (bicyclic) bond motifs is 3. The minimum Gasteiger partial charge on any atom is -0.466 e. The minimum absolute atomic E-state index is 0.0367. The van der Waals surface area contributed by atoms with Crippen molar-refractivity contribution in [3.05, 3.63) is 79.9 Å². The molecule has 1 unspecified atom stereocenters. The number of methoxy groups -OCH3 is 1. The predicted octanol–water partition coefficient (Wildman–Crippen LogP) is 4.94. The van der Waals surface area contributed by atoms with Crippen molar-refractivity contribution in [3.63, 3.8) is 0 Å². The zero-order valence-electron chi connectivity index (χ0n) is 19.7. The Kier molecular flexibility index (Phi) is 5.57. The third-order valence-electron chi connectivity index (χ3n) is 6.88. The van der Waals surface area contributed by atoms with Gasteiger partial charge in [0.2, 0.25) is 5.91 Å². The van der Waals surface area contributed by atoms with E-state index in [-0.39, 0.29) is 34.9 Å². The van der Waals surface area contributed by atoms with Crippen LogP contribution in [-0.4, -0.2) is 24.8 Å². The smallest absolute Gasteiger partial charge is 0.339 e. The fourth-order valence-corrected chi connectivity index (χ4v) is 6.05. The van der Waals surface area contributed by atoms with Gasteiger partial charge in [-0.15, -0.1) is 0 Å². The molecule has 0 saturated carbocycles. The normalized spacial score (nSPS) is 22.6. The van der Waals surface area contributed by atoms with E-state index in [0.717, 1.165) is 7.11 Å². The molecule has 1 atom stereocenters. The van der Waals surface area contributed by atoms with Gasteiger partial charge in [0.25, 0.3) is 0 Å². The van der Waals surface area contributed by atoms with E-state index in [1.165, 1.54) is 17.0 Å². The second-order valence-corrected chi connectivity index (χ2v) is 11.2. The van der Waals surface area contributed by atoms with Crippen molar-refractivity contribution in [2.75, 3.05) is 17.3 Å². The number of benzene rings is 2. The Balaban J connectivity index is 1.95. The number of hydrogen-bond donors (Lipinski definition) is 2. The average molecular weight is 575 g/mol. The maximum absolute atomic E-state index is 15.3. The zero-order valence-corrected chi connectivity index (χ0v) is 22.0. The highest BCUT2D eigenvalue weighted by Gasteiger charge is 2.63. The van der Waals surface area contributed by atoms with Gasteiger partial charge in [0.15, 0.2) is 5.78 Å². The van der Waals surface area contributed by atoms with Gasteiger partial charge in [0.1, 0.15) is 22.6 Å². The molecule has 3 aliphatic rings. The van der Waals surface area contributed by atoms with Crippen LogP contribution in [0.25, 0.3) is 0 Å². The fourth-order valence-electron chi connectivity index (χ4n) is 5.55. The first-order valence-corrected chi connectivity index (χ1v) is 12.3. The predicted molar refractivity (Wildman–Crippen MR) is 137 cm³/mol. The molecule has 2 aromatic rings. The van der Waals surface area contributed by atoms with E-state index in [1.807, 2.05) is 13.8 Å². The number of esters is 1. The largest absolute Gasteiger partial charge is 0.466 e. The van der Waals surface area contributed by atoms with Gasteiger partial charge in [-0.2, -0.15) is 0 Å². The molecule has 36 heavy (non-hydrogen) atoms. The fraction of sp³-hybridized carbons (Fsp3) is 0.269. The number of rotatable bonds is 2. The Hall–Kier alpha value is -3.17. The minimum atomic E-state index is -1.90. The highest BCUT2D eigenvalue weighted by Crippen LogP contribution is 2.57. The molecular weight excluding hydrogens is 553 g/mol. The molecular formula is C26H22BrClFN3O4. The van der Waals surface area contributed by atoms with Crippen molar-refractivity contribution in [2.45, 2.75) is 32.1 Å². The molecule has 0 fully saturated rings. The highest BCUT2D eigenvalue weighted by molar-refractivity contribution is 9.10. The van der Waals surface area contributed by atoms with Crippen LogP contribution in [0.4, 0.5) is 15.8 Å². The number of nitrogens with zero attached hydrogens (tertiary/aromatic N) is 1. The number of ketones is 1. The van der Waals surface area contributed by atoms with Crippen molar-refractivity contribution in [1.29, 1.82) is 0 Å².